The number of hydrogen-bond acceptors (Lipinski definition) is 8. The highest BCUT2D eigenvalue weighted by Gasteiger charge is 2.22. The van der Waals surface area contributed by atoms with Crippen LogP contribution < -0.4 is 4.89 Å². The Hall–Kier alpha value is -2.29. The molecule has 0 aromatic heterocycles. The summed E-state index contributed by atoms with van der Waals surface area (Å²) >= 11 is 0. The zero-order chi connectivity index (χ0) is 55.6. The maximum atomic E-state index is 12.8. The average Bonchev–Trinajstić information content (AvgIpc) is 3.38. The van der Waals surface area contributed by atoms with Crippen molar-refractivity contribution in [2.45, 2.75) is 302 Å². The smallest absolute Gasteiger partial charge is 0.306 e. The molecular weight excluding hydrogens is 966 g/mol. The van der Waals surface area contributed by atoms with Gasteiger partial charge in [0.1, 0.15) is 19.8 Å². The SMILES string of the molecule is CCCCCCC/C=C\C/C=C\C/C=C\CCCCCCCCC(=O)OC(COC(=O)CCCCCCCCCCCCCCCCCCCCC/C=C\C/C=C\CCCCCCC)COP(=O)([O-])OCC[N+](C)(C)C. The van der Waals surface area contributed by atoms with E-state index in [-0.39, 0.29) is 32.0 Å². The molecule has 0 N–H and O–H groups in total. The molecule has 0 aliphatic heterocycles. The van der Waals surface area contributed by atoms with Crippen molar-refractivity contribution >= 4 is 19.8 Å². The number of carbonyl (C=O) groups excluding carboxylic acids is 2. The fourth-order valence-corrected chi connectivity index (χ4v) is 9.78. The minimum absolute atomic E-state index is 0.0342. The van der Waals surface area contributed by atoms with E-state index in [4.69, 9.17) is 18.5 Å². The van der Waals surface area contributed by atoms with Gasteiger partial charge in [0.2, 0.25) is 0 Å². The van der Waals surface area contributed by atoms with E-state index in [0.717, 1.165) is 77.0 Å². The number of allylic oxidation sites excluding steroid dienone is 10. The molecule has 0 rings (SSSR count). The van der Waals surface area contributed by atoms with E-state index < -0.39 is 26.5 Å². The van der Waals surface area contributed by atoms with E-state index in [1.54, 1.807) is 0 Å². The van der Waals surface area contributed by atoms with Gasteiger partial charge >= 0.3 is 11.9 Å². The minimum atomic E-state index is -4.64. The highest BCUT2D eigenvalue weighted by molar-refractivity contribution is 7.45. The second-order valence-electron chi connectivity index (χ2n) is 22.8. The third-order valence-electron chi connectivity index (χ3n) is 14.0. The summed E-state index contributed by atoms with van der Waals surface area (Å²) in [5.74, 6) is -0.838. The molecule has 0 aromatic carbocycles. The molecule has 0 bridgehead atoms. The summed E-state index contributed by atoms with van der Waals surface area (Å²) in [5.41, 5.74) is 0. The van der Waals surface area contributed by atoms with Gasteiger partial charge in [0, 0.05) is 12.8 Å². The fraction of sp³-hybridized carbons (Fsp3) is 0.818. The first-order valence-corrected chi connectivity index (χ1v) is 33.5. The van der Waals surface area contributed by atoms with E-state index in [1.807, 2.05) is 21.1 Å². The Morgan fingerprint density at radius 2 is 0.711 bits per heavy atom. The molecule has 0 fully saturated rings. The summed E-state index contributed by atoms with van der Waals surface area (Å²) < 4.78 is 34.2. The van der Waals surface area contributed by atoms with Crippen LogP contribution in [0.25, 0.3) is 0 Å². The number of hydrogen-bond donors (Lipinski definition) is 0. The number of ether oxygens (including phenoxy) is 2. The van der Waals surface area contributed by atoms with Crippen molar-refractivity contribution < 1.29 is 42.1 Å². The number of quaternary nitrogens is 1. The van der Waals surface area contributed by atoms with Crippen LogP contribution in [-0.4, -0.2) is 70.0 Å². The third kappa shape index (κ3) is 60.9. The van der Waals surface area contributed by atoms with Crippen LogP contribution in [0.15, 0.2) is 60.8 Å². The Morgan fingerprint density at radius 1 is 0.408 bits per heavy atom. The maximum absolute atomic E-state index is 12.8. The van der Waals surface area contributed by atoms with Gasteiger partial charge in [-0.15, -0.1) is 0 Å². The van der Waals surface area contributed by atoms with E-state index in [0.29, 0.717) is 17.4 Å². The normalized spacial score (nSPS) is 13.6. The Bertz CT molecular complexity index is 1470. The molecule has 0 saturated carbocycles. The van der Waals surface area contributed by atoms with Crippen LogP contribution in [0.4, 0.5) is 0 Å². The van der Waals surface area contributed by atoms with Crippen molar-refractivity contribution in [3.63, 3.8) is 0 Å². The lowest BCUT2D eigenvalue weighted by Gasteiger charge is -2.28. The number of nitrogens with zero attached hydrogens (tertiary/aromatic N) is 1. The summed E-state index contributed by atoms with van der Waals surface area (Å²) in [5, 5.41) is 0. The lowest BCUT2D eigenvalue weighted by molar-refractivity contribution is -0.870. The standard InChI is InChI=1S/C66H122NO8P/c1-6-8-10-12-14-16-18-20-22-24-26-28-29-30-31-32-33-34-35-36-37-39-40-42-44-46-48-50-52-54-56-58-65(68)72-62-64(63-74-76(70,71)73-61-60-67(3,4)5)75-66(69)59-57-55-53-51-49-47-45-43-41-38-27-25-23-21-19-17-15-13-11-9-7-2/h18-21,24-27,41,43,64H,6-17,22-23,28-40,42,44-63H2,1-5H3/b20-18-,21-19-,26-24-,27-25-,43-41-. The molecule has 0 radical (unpaired) electrons. The summed E-state index contributed by atoms with van der Waals surface area (Å²) in [6.07, 6.45) is 74.3. The van der Waals surface area contributed by atoms with Gasteiger partial charge in [0.15, 0.2) is 6.10 Å². The van der Waals surface area contributed by atoms with Crippen molar-refractivity contribution in [3.05, 3.63) is 60.8 Å². The second kappa shape index (κ2) is 57.4. The molecule has 0 heterocycles. The van der Waals surface area contributed by atoms with Crippen LogP contribution >= 0.6 is 7.82 Å². The van der Waals surface area contributed by atoms with Gasteiger partial charge in [0.25, 0.3) is 7.82 Å². The van der Waals surface area contributed by atoms with Crippen LogP contribution in [0.2, 0.25) is 0 Å². The molecule has 2 atom stereocenters. The number of phosphoric ester groups is 1. The fourth-order valence-electron chi connectivity index (χ4n) is 9.05. The number of carbonyl (C=O) groups is 2. The van der Waals surface area contributed by atoms with Crippen molar-refractivity contribution in [1.29, 1.82) is 0 Å². The second-order valence-corrected chi connectivity index (χ2v) is 24.2. The van der Waals surface area contributed by atoms with Crippen LogP contribution in [0.3, 0.4) is 0 Å². The predicted molar refractivity (Wildman–Crippen MR) is 323 cm³/mol. The first-order valence-electron chi connectivity index (χ1n) is 32.0. The van der Waals surface area contributed by atoms with Gasteiger partial charge in [-0.1, -0.05) is 261 Å². The largest absolute Gasteiger partial charge is 0.756 e. The summed E-state index contributed by atoms with van der Waals surface area (Å²) in [7, 11) is 1.16. The lowest BCUT2D eigenvalue weighted by atomic mass is 10.0. The van der Waals surface area contributed by atoms with E-state index in [2.05, 4.69) is 74.6 Å². The zero-order valence-corrected chi connectivity index (χ0v) is 51.3. The molecule has 0 spiro atoms. The van der Waals surface area contributed by atoms with Crippen molar-refractivity contribution in [2.75, 3.05) is 47.5 Å². The van der Waals surface area contributed by atoms with Gasteiger partial charge in [-0.2, -0.15) is 0 Å². The molecule has 0 aliphatic rings. The Kier molecular flexibility index (Phi) is 55.7. The van der Waals surface area contributed by atoms with Gasteiger partial charge in [-0.25, -0.2) is 0 Å². The van der Waals surface area contributed by atoms with Gasteiger partial charge in [0.05, 0.1) is 27.7 Å². The molecule has 10 heteroatoms. The summed E-state index contributed by atoms with van der Waals surface area (Å²) in [6, 6.07) is 0. The van der Waals surface area contributed by atoms with Gasteiger partial charge in [-0.05, 0) is 83.5 Å². The van der Waals surface area contributed by atoms with Crippen molar-refractivity contribution in [3.8, 4) is 0 Å². The Morgan fingerprint density at radius 3 is 1.05 bits per heavy atom. The van der Waals surface area contributed by atoms with E-state index in [1.165, 1.54) is 186 Å². The highest BCUT2D eigenvalue weighted by atomic mass is 31.2. The highest BCUT2D eigenvalue weighted by Crippen LogP contribution is 2.38. The average molecular weight is 1090 g/mol. The first-order chi connectivity index (χ1) is 37.0. The lowest BCUT2D eigenvalue weighted by Crippen LogP contribution is -2.37. The topological polar surface area (TPSA) is 111 Å². The number of phosphoric acid groups is 1. The zero-order valence-electron chi connectivity index (χ0n) is 50.5. The van der Waals surface area contributed by atoms with Crippen molar-refractivity contribution in [1.82, 2.24) is 0 Å². The Balaban J connectivity index is 4.07. The van der Waals surface area contributed by atoms with E-state index in [9.17, 15) is 19.0 Å². The van der Waals surface area contributed by atoms with E-state index >= 15 is 0 Å². The number of likely N-dealkylation sites (N-methyl/N-ethyl adjacent to an activating group) is 1. The van der Waals surface area contributed by atoms with Crippen LogP contribution in [0, 0.1) is 0 Å². The monoisotopic (exact) mass is 1090 g/mol. The molecule has 0 amide bonds. The molecule has 0 aromatic rings. The Labute approximate surface area is 470 Å². The number of unbranched alkanes of at least 4 members (excludes halogenated alkanes) is 35. The van der Waals surface area contributed by atoms with Crippen LogP contribution in [-0.2, 0) is 32.7 Å². The predicted octanol–water partition coefficient (Wildman–Crippen LogP) is 19.6. The third-order valence-corrected chi connectivity index (χ3v) is 15.0. The van der Waals surface area contributed by atoms with Crippen LogP contribution in [0.1, 0.15) is 296 Å². The number of esters is 2. The van der Waals surface area contributed by atoms with Crippen LogP contribution in [0.5, 0.6) is 0 Å². The quantitative estimate of drug-likeness (QED) is 0.0195. The molecule has 9 nitrogen and oxygen atoms in total. The van der Waals surface area contributed by atoms with Gasteiger partial charge < -0.3 is 27.9 Å². The molecule has 0 saturated heterocycles. The van der Waals surface area contributed by atoms with Gasteiger partial charge in [-0.3, -0.25) is 14.2 Å². The maximum Gasteiger partial charge on any atom is 0.306 e. The molecule has 0 aliphatic carbocycles. The minimum Gasteiger partial charge on any atom is -0.756 e. The summed E-state index contributed by atoms with van der Waals surface area (Å²) in [4.78, 5) is 37.9. The molecular formula is C66H122NO8P. The molecule has 444 valence electrons. The first kappa shape index (κ1) is 73.7. The molecule has 76 heavy (non-hydrogen) atoms. The molecule has 2 unspecified atom stereocenters. The van der Waals surface area contributed by atoms with Crippen molar-refractivity contribution in [2.24, 2.45) is 0 Å². The summed E-state index contributed by atoms with van der Waals surface area (Å²) in [6.45, 7) is 4.23. The number of rotatable bonds is 59.